The molecular formula is C16H9BrClFN2O2. The lowest BCUT2D eigenvalue weighted by Crippen LogP contribution is -2.13. The van der Waals surface area contributed by atoms with Gasteiger partial charge in [-0.3, -0.25) is 4.79 Å². The SMILES string of the molecule is O=C(Nc1ccc(Br)cc1F)c1ncc(-c2ccc(Cl)cc2)o1. The number of rotatable bonds is 3. The molecular weight excluding hydrogens is 387 g/mol. The van der Waals surface area contributed by atoms with Gasteiger partial charge >= 0.3 is 5.91 Å². The van der Waals surface area contributed by atoms with Gasteiger partial charge in [0.25, 0.3) is 5.89 Å². The maximum Gasteiger partial charge on any atom is 0.311 e. The number of anilines is 1. The molecule has 0 aliphatic rings. The van der Waals surface area contributed by atoms with Crippen molar-refractivity contribution in [1.29, 1.82) is 0 Å². The summed E-state index contributed by atoms with van der Waals surface area (Å²) in [5.74, 6) is -0.927. The van der Waals surface area contributed by atoms with Crippen LogP contribution in [0.1, 0.15) is 10.7 Å². The number of nitrogens with zero attached hydrogens (tertiary/aromatic N) is 1. The standard InChI is InChI=1S/C16H9BrClFN2O2/c17-10-3-6-13(12(19)7-10)21-15(22)16-20-8-14(23-16)9-1-4-11(18)5-2-9/h1-8H,(H,21,22). The number of hydrogen-bond donors (Lipinski definition) is 1. The van der Waals surface area contributed by atoms with Crippen molar-refractivity contribution >= 4 is 39.1 Å². The van der Waals surface area contributed by atoms with Gasteiger partial charge in [-0.25, -0.2) is 9.37 Å². The van der Waals surface area contributed by atoms with E-state index in [2.05, 4.69) is 26.2 Å². The summed E-state index contributed by atoms with van der Waals surface area (Å²) >= 11 is 8.97. The Hall–Kier alpha value is -2.18. The molecule has 3 rings (SSSR count). The lowest BCUT2D eigenvalue weighted by atomic mass is 10.2. The first kappa shape index (κ1) is 15.7. The third-order valence-corrected chi connectivity index (χ3v) is 3.75. The Bertz CT molecular complexity index is 865. The number of benzene rings is 2. The van der Waals surface area contributed by atoms with E-state index >= 15 is 0 Å². The number of halogens is 3. The average molecular weight is 396 g/mol. The maximum atomic E-state index is 13.7. The predicted octanol–water partition coefficient (Wildman–Crippen LogP) is 5.15. The minimum absolute atomic E-state index is 0.0458. The zero-order valence-electron chi connectivity index (χ0n) is 11.5. The van der Waals surface area contributed by atoms with E-state index in [1.807, 2.05) is 0 Å². The normalized spacial score (nSPS) is 10.6. The minimum Gasteiger partial charge on any atom is -0.432 e. The van der Waals surface area contributed by atoms with Gasteiger partial charge in [0, 0.05) is 15.1 Å². The molecule has 3 aromatic rings. The van der Waals surface area contributed by atoms with Crippen LogP contribution in [0, 0.1) is 5.82 Å². The van der Waals surface area contributed by atoms with Crippen molar-refractivity contribution in [3.8, 4) is 11.3 Å². The predicted molar refractivity (Wildman–Crippen MR) is 89.0 cm³/mol. The molecule has 0 fully saturated rings. The van der Waals surface area contributed by atoms with Gasteiger partial charge in [0.2, 0.25) is 0 Å². The van der Waals surface area contributed by atoms with Crippen LogP contribution in [0.5, 0.6) is 0 Å². The summed E-state index contributed by atoms with van der Waals surface area (Å²) in [4.78, 5) is 16.0. The van der Waals surface area contributed by atoms with Crippen LogP contribution in [-0.2, 0) is 0 Å². The molecule has 1 amide bonds. The van der Waals surface area contributed by atoms with Crippen molar-refractivity contribution in [3.05, 3.63) is 69.9 Å². The third-order valence-electron chi connectivity index (χ3n) is 3.01. The van der Waals surface area contributed by atoms with E-state index in [0.29, 0.717) is 15.3 Å². The fourth-order valence-electron chi connectivity index (χ4n) is 1.89. The number of aromatic nitrogens is 1. The topological polar surface area (TPSA) is 55.1 Å². The molecule has 116 valence electrons. The van der Waals surface area contributed by atoms with Gasteiger partial charge < -0.3 is 9.73 Å². The van der Waals surface area contributed by atoms with Gasteiger partial charge in [0.05, 0.1) is 11.9 Å². The second-order valence-electron chi connectivity index (χ2n) is 4.61. The van der Waals surface area contributed by atoms with E-state index in [9.17, 15) is 9.18 Å². The lowest BCUT2D eigenvalue weighted by Gasteiger charge is -2.04. The molecule has 1 aromatic heterocycles. The fraction of sp³-hybridized carbons (Fsp3) is 0. The summed E-state index contributed by atoms with van der Waals surface area (Å²) < 4.78 is 19.7. The second kappa shape index (κ2) is 6.52. The van der Waals surface area contributed by atoms with Crippen LogP contribution in [0.3, 0.4) is 0 Å². The molecule has 0 saturated carbocycles. The summed E-state index contributed by atoms with van der Waals surface area (Å²) in [6.45, 7) is 0. The molecule has 23 heavy (non-hydrogen) atoms. The summed E-state index contributed by atoms with van der Waals surface area (Å²) in [6, 6.07) is 11.2. The zero-order chi connectivity index (χ0) is 16.4. The lowest BCUT2D eigenvalue weighted by molar-refractivity contribution is 0.0990. The Balaban J connectivity index is 1.79. The number of oxazole rings is 1. The highest BCUT2D eigenvalue weighted by Crippen LogP contribution is 2.23. The van der Waals surface area contributed by atoms with E-state index in [1.165, 1.54) is 18.3 Å². The van der Waals surface area contributed by atoms with Gasteiger partial charge in [-0.15, -0.1) is 0 Å². The number of carbonyl (C=O) groups is 1. The first-order valence-corrected chi connectivity index (χ1v) is 7.68. The number of amides is 1. The largest absolute Gasteiger partial charge is 0.432 e. The van der Waals surface area contributed by atoms with Crippen LogP contribution in [0.15, 0.2) is 57.6 Å². The molecule has 0 radical (unpaired) electrons. The van der Waals surface area contributed by atoms with Crippen molar-refractivity contribution in [2.45, 2.75) is 0 Å². The number of nitrogens with one attached hydrogen (secondary N) is 1. The quantitative estimate of drug-likeness (QED) is 0.667. The van der Waals surface area contributed by atoms with Crippen molar-refractivity contribution in [1.82, 2.24) is 4.98 Å². The van der Waals surface area contributed by atoms with E-state index in [4.69, 9.17) is 16.0 Å². The van der Waals surface area contributed by atoms with Crippen LogP contribution >= 0.6 is 27.5 Å². The highest BCUT2D eigenvalue weighted by atomic mass is 79.9. The summed E-state index contributed by atoms with van der Waals surface area (Å²) in [5.41, 5.74) is 0.778. The van der Waals surface area contributed by atoms with E-state index in [-0.39, 0.29) is 11.6 Å². The Labute approximate surface area is 144 Å². The molecule has 4 nitrogen and oxygen atoms in total. The molecule has 0 saturated heterocycles. The molecule has 1 heterocycles. The first-order valence-electron chi connectivity index (χ1n) is 6.51. The van der Waals surface area contributed by atoms with E-state index in [0.717, 1.165) is 5.56 Å². The molecule has 1 N–H and O–H groups in total. The van der Waals surface area contributed by atoms with E-state index in [1.54, 1.807) is 30.3 Å². The summed E-state index contributed by atoms with van der Waals surface area (Å²) in [6.07, 6.45) is 1.43. The molecule has 0 aliphatic heterocycles. The average Bonchev–Trinajstić information content (AvgIpc) is 3.01. The van der Waals surface area contributed by atoms with Crippen LogP contribution in [0.2, 0.25) is 5.02 Å². The maximum absolute atomic E-state index is 13.7. The van der Waals surface area contributed by atoms with Crippen LogP contribution in [0.25, 0.3) is 11.3 Å². The Morgan fingerprint density at radius 3 is 2.65 bits per heavy atom. The van der Waals surface area contributed by atoms with Crippen molar-refractivity contribution in [2.75, 3.05) is 5.32 Å². The van der Waals surface area contributed by atoms with Crippen LogP contribution < -0.4 is 5.32 Å². The smallest absolute Gasteiger partial charge is 0.311 e. The molecule has 2 aromatic carbocycles. The monoisotopic (exact) mass is 394 g/mol. The van der Waals surface area contributed by atoms with Crippen molar-refractivity contribution in [2.24, 2.45) is 0 Å². The molecule has 0 unspecified atom stereocenters. The second-order valence-corrected chi connectivity index (χ2v) is 5.97. The Morgan fingerprint density at radius 2 is 1.96 bits per heavy atom. The molecule has 0 atom stereocenters. The molecule has 7 heteroatoms. The third kappa shape index (κ3) is 3.60. The zero-order valence-corrected chi connectivity index (χ0v) is 13.9. The highest BCUT2D eigenvalue weighted by molar-refractivity contribution is 9.10. The van der Waals surface area contributed by atoms with Crippen molar-refractivity contribution < 1.29 is 13.6 Å². The van der Waals surface area contributed by atoms with Crippen LogP contribution in [-0.4, -0.2) is 10.9 Å². The van der Waals surface area contributed by atoms with Gasteiger partial charge in [-0.05, 0) is 42.5 Å². The van der Waals surface area contributed by atoms with Crippen LogP contribution in [0.4, 0.5) is 10.1 Å². The van der Waals surface area contributed by atoms with Gasteiger partial charge in [0.15, 0.2) is 5.76 Å². The van der Waals surface area contributed by atoms with E-state index < -0.39 is 11.7 Å². The van der Waals surface area contributed by atoms with Crippen molar-refractivity contribution in [3.63, 3.8) is 0 Å². The van der Waals surface area contributed by atoms with Gasteiger partial charge in [0.1, 0.15) is 5.82 Å². The Kier molecular flexibility index (Phi) is 4.45. The number of hydrogen-bond acceptors (Lipinski definition) is 3. The highest BCUT2D eigenvalue weighted by Gasteiger charge is 2.16. The minimum atomic E-state index is -0.633. The summed E-state index contributed by atoms with van der Waals surface area (Å²) in [7, 11) is 0. The first-order chi connectivity index (χ1) is 11.0. The van der Waals surface area contributed by atoms with Gasteiger partial charge in [-0.1, -0.05) is 27.5 Å². The summed E-state index contributed by atoms with van der Waals surface area (Å²) in [5, 5.41) is 3.01. The fourth-order valence-corrected chi connectivity index (χ4v) is 2.35. The molecule has 0 spiro atoms. The Morgan fingerprint density at radius 1 is 1.22 bits per heavy atom. The van der Waals surface area contributed by atoms with Gasteiger partial charge in [-0.2, -0.15) is 0 Å². The number of carbonyl (C=O) groups excluding carboxylic acids is 1. The molecule has 0 bridgehead atoms. The molecule has 0 aliphatic carbocycles.